The molecule has 2 heteroatoms. The Hall–Kier alpha value is -1.57. The van der Waals surface area contributed by atoms with Crippen LogP contribution in [-0.4, -0.2) is 18.9 Å². The van der Waals surface area contributed by atoms with Crippen LogP contribution >= 0.6 is 0 Å². The van der Waals surface area contributed by atoms with Crippen molar-refractivity contribution in [3.05, 3.63) is 42.5 Å². The number of nitrogens with zero attached hydrogens (tertiary/aromatic N) is 1. The van der Waals surface area contributed by atoms with E-state index >= 15 is 0 Å². The summed E-state index contributed by atoms with van der Waals surface area (Å²) in [6, 6.07) is 10.4. The molecule has 2 bridgehead atoms. The summed E-state index contributed by atoms with van der Waals surface area (Å²) < 4.78 is 0. The summed E-state index contributed by atoms with van der Waals surface area (Å²) in [5.41, 5.74) is 0.951. The minimum atomic E-state index is -0.302. The Morgan fingerprint density at radius 3 is 2.45 bits per heavy atom. The van der Waals surface area contributed by atoms with Crippen molar-refractivity contribution in [2.45, 2.75) is 27.2 Å². The van der Waals surface area contributed by atoms with Crippen molar-refractivity contribution in [3.63, 3.8) is 0 Å². The van der Waals surface area contributed by atoms with Crippen molar-refractivity contribution in [2.24, 2.45) is 16.7 Å². The average Bonchev–Trinajstić information content (AvgIpc) is 2.80. The molecule has 1 saturated carbocycles. The van der Waals surface area contributed by atoms with Gasteiger partial charge in [-0.05, 0) is 30.4 Å². The van der Waals surface area contributed by atoms with E-state index in [1.165, 1.54) is 5.69 Å². The van der Waals surface area contributed by atoms with E-state index in [4.69, 9.17) is 0 Å². The lowest BCUT2D eigenvalue weighted by atomic mass is 9.68. The van der Waals surface area contributed by atoms with Crippen LogP contribution in [0.4, 0.5) is 5.69 Å². The van der Waals surface area contributed by atoms with E-state index in [-0.39, 0.29) is 10.8 Å². The van der Waals surface area contributed by atoms with Gasteiger partial charge < -0.3 is 4.90 Å². The Morgan fingerprint density at radius 2 is 1.95 bits per heavy atom. The first kappa shape index (κ1) is 13.4. The molecule has 0 heterocycles. The number of hydrogen-bond donors (Lipinski definition) is 0. The number of rotatable bonds is 4. The largest absolute Gasteiger partial charge is 0.370 e. The fourth-order valence-electron chi connectivity index (χ4n) is 3.89. The third kappa shape index (κ3) is 1.67. The Kier molecular flexibility index (Phi) is 3.00. The Bertz CT molecular complexity index is 546. The highest BCUT2D eigenvalue weighted by molar-refractivity contribution is 5.93. The molecular formula is C18H23NO. The molecule has 2 nitrogen and oxygen atoms in total. The van der Waals surface area contributed by atoms with Gasteiger partial charge in [0.05, 0.1) is 5.41 Å². The van der Waals surface area contributed by atoms with Crippen LogP contribution in [0, 0.1) is 16.7 Å². The third-order valence-corrected chi connectivity index (χ3v) is 5.54. The maximum absolute atomic E-state index is 12.6. The monoisotopic (exact) mass is 269 g/mol. The molecule has 3 rings (SSSR count). The van der Waals surface area contributed by atoms with Gasteiger partial charge in [-0.3, -0.25) is 4.79 Å². The molecule has 0 radical (unpaired) electrons. The molecule has 1 fully saturated rings. The van der Waals surface area contributed by atoms with Crippen LogP contribution in [-0.2, 0) is 4.79 Å². The Morgan fingerprint density at radius 1 is 1.25 bits per heavy atom. The molecule has 106 valence electrons. The molecule has 1 aromatic rings. The first-order valence-corrected chi connectivity index (χ1v) is 7.54. The molecule has 2 aliphatic rings. The van der Waals surface area contributed by atoms with E-state index in [1.807, 2.05) is 6.07 Å². The van der Waals surface area contributed by atoms with E-state index < -0.39 is 0 Å². The molecule has 2 unspecified atom stereocenters. The topological polar surface area (TPSA) is 20.3 Å². The van der Waals surface area contributed by atoms with Crippen molar-refractivity contribution >= 4 is 11.5 Å². The van der Waals surface area contributed by atoms with Gasteiger partial charge in [0, 0.05) is 25.2 Å². The van der Waals surface area contributed by atoms with Crippen LogP contribution in [0.1, 0.15) is 27.2 Å². The molecule has 2 aliphatic carbocycles. The van der Waals surface area contributed by atoms with Crippen LogP contribution in [0.3, 0.4) is 0 Å². The summed E-state index contributed by atoms with van der Waals surface area (Å²) in [6.07, 6.45) is 5.17. The molecule has 20 heavy (non-hydrogen) atoms. The van der Waals surface area contributed by atoms with Crippen molar-refractivity contribution in [2.75, 3.05) is 18.0 Å². The summed E-state index contributed by atoms with van der Waals surface area (Å²) in [5, 5.41) is 0. The van der Waals surface area contributed by atoms with E-state index in [0.717, 1.165) is 19.5 Å². The SMILES string of the molecule is CCN(CC12C=CC(CC1=O)C2(C)C)c1ccccc1. The fourth-order valence-corrected chi connectivity index (χ4v) is 3.89. The van der Waals surface area contributed by atoms with Crippen molar-refractivity contribution in [1.29, 1.82) is 0 Å². The molecule has 0 saturated heterocycles. The maximum atomic E-state index is 12.6. The Labute approximate surface area is 121 Å². The zero-order valence-electron chi connectivity index (χ0n) is 12.6. The lowest BCUT2D eigenvalue weighted by Crippen LogP contribution is -2.46. The molecule has 0 spiro atoms. The lowest BCUT2D eigenvalue weighted by Gasteiger charge is -2.40. The van der Waals surface area contributed by atoms with E-state index in [1.54, 1.807) is 0 Å². The molecule has 0 N–H and O–H groups in total. The second-order valence-electron chi connectivity index (χ2n) is 6.64. The van der Waals surface area contributed by atoms with Gasteiger partial charge in [0.1, 0.15) is 5.78 Å². The quantitative estimate of drug-likeness (QED) is 0.777. The van der Waals surface area contributed by atoms with Crippen molar-refractivity contribution < 1.29 is 4.79 Å². The fraction of sp³-hybridized carbons (Fsp3) is 0.500. The second kappa shape index (κ2) is 4.47. The number of ketones is 1. The predicted octanol–water partition coefficient (Wildman–Crippen LogP) is 3.68. The number of carbonyl (C=O) groups excluding carboxylic acids is 1. The van der Waals surface area contributed by atoms with E-state index in [2.05, 4.69) is 62.1 Å². The van der Waals surface area contributed by atoms with Crippen molar-refractivity contribution in [1.82, 2.24) is 0 Å². The molecular weight excluding hydrogens is 246 g/mol. The van der Waals surface area contributed by atoms with Gasteiger partial charge in [-0.1, -0.05) is 44.2 Å². The maximum Gasteiger partial charge on any atom is 0.145 e. The molecule has 1 aromatic carbocycles. The van der Waals surface area contributed by atoms with Gasteiger partial charge >= 0.3 is 0 Å². The highest BCUT2D eigenvalue weighted by Gasteiger charge is 2.61. The number of allylic oxidation sites excluding steroid dienone is 1. The van der Waals surface area contributed by atoms with Gasteiger partial charge in [0.25, 0.3) is 0 Å². The standard InChI is InChI=1S/C18H23NO/c1-4-19(15-8-6-5-7-9-15)13-18-11-10-14(12-16(18)20)17(18,2)3/h5-11,14H,4,12-13H2,1-3H3. The molecule has 0 aliphatic heterocycles. The Balaban J connectivity index is 1.93. The first-order chi connectivity index (χ1) is 9.51. The number of hydrogen-bond acceptors (Lipinski definition) is 2. The highest BCUT2D eigenvalue weighted by Crippen LogP contribution is 2.60. The summed E-state index contributed by atoms with van der Waals surface area (Å²) >= 11 is 0. The van der Waals surface area contributed by atoms with Gasteiger partial charge in [0.15, 0.2) is 0 Å². The van der Waals surface area contributed by atoms with Gasteiger partial charge in [-0.2, -0.15) is 0 Å². The van der Waals surface area contributed by atoms with Crippen LogP contribution in [0.15, 0.2) is 42.5 Å². The number of fused-ring (bicyclic) bond motifs is 2. The summed E-state index contributed by atoms with van der Waals surface area (Å²) in [7, 11) is 0. The summed E-state index contributed by atoms with van der Waals surface area (Å²) in [6.45, 7) is 8.38. The minimum absolute atomic E-state index is 0.0479. The van der Waals surface area contributed by atoms with Gasteiger partial charge in [-0.25, -0.2) is 0 Å². The predicted molar refractivity (Wildman–Crippen MR) is 82.8 cm³/mol. The number of para-hydroxylation sites is 1. The zero-order chi connectivity index (χ0) is 14.4. The van der Waals surface area contributed by atoms with E-state index in [9.17, 15) is 4.79 Å². The molecule has 0 amide bonds. The number of benzene rings is 1. The summed E-state index contributed by atoms with van der Waals surface area (Å²) in [4.78, 5) is 14.9. The van der Waals surface area contributed by atoms with Crippen molar-refractivity contribution in [3.8, 4) is 0 Å². The molecule has 2 atom stereocenters. The third-order valence-electron chi connectivity index (χ3n) is 5.54. The normalized spacial score (nSPS) is 29.9. The number of anilines is 1. The van der Waals surface area contributed by atoms with Crippen LogP contribution in [0.25, 0.3) is 0 Å². The first-order valence-electron chi connectivity index (χ1n) is 7.54. The number of carbonyl (C=O) groups is 1. The second-order valence-corrected chi connectivity index (χ2v) is 6.64. The molecule has 0 aromatic heterocycles. The van der Waals surface area contributed by atoms with E-state index in [0.29, 0.717) is 11.7 Å². The lowest BCUT2D eigenvalue weighted by molar-refractivity contribution is -0.125. The van der Waals surface area contributed by atoms with Crippen LogP contribution < -0.4 is 4.90 Å². The highest BCUT2D eigenvalue weighted by atomic mass is 16.1. The van der Waals surface area contributed by atoms with Crippen LogP contribution in [0.2, 0.25) is 0 Å². The number of Topliss-reactive ketones (excluding diaryl/α,β-unsaturated/α-hetero) is 1. The summed E-state index contributed by atoms with van der Waals surface area (Å²) in [5.74, 6) is 0.842. The minimum Gasteiger partial charge on any atom is -0.370 e. The smallest absolute Gasteiger partial charge is 0.145 e. The average molecular weight is 269 g/mol. The zero-order valence-corrected chi connectivity index (χ0v) is 12.6. The van der Waals surface area contributed by atoms with Gasteiger partial charge in [0.2, 0.25) is 0 Å². The van der Waals surface area contributed by atoms with Crippen LogP contribution in [0.5, 0.6) is 0 Å². The van der Waals surface area contributed by atoms with Gasteiger partial charge in [-0.15, -0.1) is 0 Å².